The molecule has 1 N–H and O–H groups in total. The predicted molar refractivity (Wildman–Crippen MR) is 110 cm³/mol. The van der Waals surface area contributed by atoms with E-state index in [-0.39, 0.29) is 12.5 Å². The molecule has 0 radical (unpaired) electrons. The Bertz CT molecular complexity index is 914. The van der Waals surface area contributed by atoms with Crippen molar-refractivity contribution in [2.45, 2.75) is 46.1 Å². The number of aromatic nitrogens is 1. The van der Waals surface area contributed by atoms with Crippen LogP contribution in [0.4, 0.5) is 5.69 Å². The van der Waals surface area contributed by atoms with E-state index in [0.29, 0.717) is 16.9 Å². The third-order valence-electron chi connectivity index (χ3n) is 4.68. The van der Waals surface area contributed by atoms with Crippen LogP contribution in [-0.4, -0.2) is 10.5 Å². The standard InChI is InChI=1S/C22H25ClN2O/c1-14(2)18-6-5-7-19(15(3)4)22(18)24-21(26)13-25-11-10-16-12-17(23)8-9-20(16)25/h5-12,14-15H,13H2,1-4H3,(H,24,26). The second-order valence-electron chi connectivity index (χ2n) is 7.32. The van der Waals surface area contributed by atoms with Crippen LogP contribution >= 0.6 is 11.6 Å². The van der Waals surface area contributed by atoms with Crippen LogP contribution in [0.1, 0.15) is 50.7 Å². The summed E-state index contributed by atoms with van der Waals surface area (Å²) < 4.78 is 1.95. The third kappa shape index (κ3) is 3.78. The van der Waals surface area contributed by atoms with Gasteiger partial charge in [0.1, 0.15) is 6.54 Å². The van der Waals surface area contributed by atoms with Crippen LogP contribution in [0.5, 0.6) is 0 Å². The van der Waals surface area contributed by atoms with E-state index in [1.807, 2.05) is 35.0 Å². The van der Waals surface area contributed by atoms with Crippen molar-refractivity contribution in [1.82, 2.24) is 4.57 Å². The fraction of sp³-hybridized carbons (Fsp3) is 0.318. The average Bonchev–Trinajstić information content (AvgIpc) is 2.96. The summed E-state index contributed by atoms with van der Waals surface area (Å²) in [7, 11) is 0. The molecule has 3 nitrogen and oxygen atoms in total. The Morgan fingerprint density at radius 3 is 2.31 bits per heavy atom. The molecular formula is C22H25ClN2O. The Morgan fingerprint density at radius 2 is 1.69 bits per heavy atom. The lowest BCUT2D eigenvalue weighted by Crippen LogP contribution is -2.20. The second-order valence-corrected chi connectivity index (χ2v) is 7.75. The summed E-state index contributed by atoms with van der Waals surface area (Å²) in [5.41, 5.74) is 4.31. The molecule has 0 bridgehead atoms. The predicted octanol–water partition coefficient (Wildman–Crippen LogP) is 6.18. The van der Waals surface area contributed by atoms with Crippen molar-refractivity contribution in [3.8, 4) is 0 Å². The lowest BCUT2D eigenvalue weighted by atomic mass is 9.92. The number of carbonyl (C=O) groups is 1. The molecule has 3 rings (SSSR count). The van der Waals surface area contributed by atoms with Gasteiger partial charge in [0, 0.05) is 27.8 Å². The average molecular weight is 369 g/mol. The molecule has 0 fully saturated rings. The molecule has 0 unspecified atom stereocenters. The summed E-state index contributed by atoms with van der Waals surface area (Å²) in [5.74, 6) is 0.671. The summed E-state index contributed by atoms with van der Waals surface area (Å²) in [4.78, 5) is 12.8. The van der Waals surface area contributed by atoms with E-state index in [2.05, 4.69) is 51.2 Å². The van der Waals surface area contributed by atoms with Crippen LogP contribution < -0.4 is 5.32 Å². The minimum Gasteiger partial charge on any atom is -0.338 e. The summed E-state index contributed by atoms with van der Waals surface area (Å²) in [6, 6.07) is 14.0. The highest BCUT2D eigenvalue weighted by molar-refractivity contribution is 6.31. The van der Waals surface area contributed by atoms with Gasteiger partial charge in [-0.1, -0.05) is 57.5 Å². The van der Waals surface area contributed by atoms with Crippen LogP contribution in [0.2, 0.25) is 5.02 Å². The van der Waals surface area contributed by atoms with E-state index in [4.69, 9.17) is 11.6 Å². The van der Waals surface area contributed by atoms with E-state index >= 15 is 0 Å². The number of para-hydroxylation sites is 1. The number of anilines is 1. The topological polar surface area (TPSA) is 34.0 Å². The van der Waals surface area contributed by atoms with Crippen LogP contribution in [0.15, 0.2) is 48.7 Å². The van der Waals surface area contributed by atoms with Crippen molar-refractivity contribution in [3.63, 3.8) is 0 Å². The summed E-state index contributed by atoms with van der Waals surface area (Å²) in [5, 5.41) is 4.91. The van der Waals surface area contributed by atoms with Gasteiger partial charge < -0.3 is 9.88 Å². The van der Waals surface area contributed by atoms with Gasteiger partial charge in [-0.2, -0.15) is 0 Å². The maximum atomic E-state index is 12.8. The molecular weight excluding hydrogens is 344 g/mol. The number of fused-ring (bicyclic) bond motifs is 1. The number of rotatable bonds is 5. The Balaban J connectivity index is 1.88. The third-order valence-corrected chi connectivity index (χ3v) is 4.92. The van der Waals surface area contributed by atoms with Gasteiger partial charge in [0.2, 0.25) is 5.91 Å². The minimum atomic E-state index is -0.0209. The van der Waals surface area contributed by atoms with Gasteiger partial charge in [-0.15, -0.1) is 0 Å². The minimum absolute atomic E-state index is 0.0209. The quantitative estimate of drug-likeness (QED) is 0.573. The molecule has 4 heteroatoms. The molecule has 26 heavy (non-hydrogen) atoms. The fourth-order valence-corrected chi connectivity index (χ4v) is 3.52. The van der Waals surface area contributed by atoms with Gasteiger partial charge in [0.25, 0.3) is 0 Å². The molecule has 1 heterocycles. The molecule has 0 aliphatic carbocycles. The highest BCUT2D eigenvalue weighted by Gasteiger charge is 2.16. The summed E-state index contributed by atoms with van der Waals surface area (Å²) >= 11 is 6.05. The van der Waals surface area contributed by atoms with Crippen molar-refractivity contribution >= 4 is 34.1 Å². The number of nitrogens with zero attached hydrogens (tertiary/aromatic N) is 1. The number of carbonyl (C=O) groups excluding carboxylic acids is 1. The smallest absolute Gasteiger partial charge is 0.244 e. The Kier molecular flexibility index (Phi) is 5.38. The molecule has 0 aliphatic rings. The first-order valence-corrected chi connectivity index (χ1v) is 9.41. The van der Waals surface area contributed by atoms with E-state index in [0.717, 1.165) is 16.6 Å². The SMILES string of the molecule is CC(C)c1cccc(C(C)C)c1NC(=O)Cn1ccc2cc(Cl)ccc21. The van der Waals surface area contributed by atoms with E-state index in [1.165, 1.54) is 11.1 Å². The first-order chi connectivity index (χ1) is 12.4. The molecule has 1 aromatic heterocycles. The molecule has 0 spiro atoms. The number of hydrogen-bond donors (Lipinski definition) is 1. The van der Waals surface area contributed by atoms with E-state index in [1.54, 1.807) is 0 Å². The Hall–Kier alpha value is -2.26. The van der Waals surface area contributed by atoms with Gasteiger partial charge >= 0.3 is 0 Å². The zero-order valence-corrected chi connectivity index (χ0v) is 16.5. The zero-order valence-electron chi connectivity index (χ0n) is 15.7. The van der Waals surface area contributed by atoms with Crippen LogP contribution in [0, 0.1) is 0 Å². The van der Waals surface area contributed by atoms with Gasteiger partial charge in [0.05, 0.1) is 0 Å². The highest BCUT2D eigenvalue weighted by atomic mass is 35.5. The monoisotopic (exact) mass is 368 g/mol. The van der Waals surface area contributed by atoms with Gasteiger partial charge in [-0.25, -0.2) is 0 Å². The number of nitrogens with one attached hydrogen (secondary N) is 1. The fourth-order valence-electron chi connectivity index (χ4n) is 3.34. The molecule has 0 aliphatic heterocycles. The molecule has 136 valence electrons. The second kappa shape index (κ2) is 7.55. The molecule has 0 saturated heterocycles. The first-order valence-electron chi connectivity index (χ1n) is 9.04. The van der Waals surface area contributed by atoms with Gasteiger partial charge in [0.15, 0.2) is 0 Å². The van der Waals surface area contributed by atoms with Gasteiger partial charge in [-0.05, 0) is 47.2 Å². The van der Waals surface area contributed by atoms with Crippen molar-refractivity contribution in [1.29, 1.82) is 0 Å². The normalized spacial score (nSPS) is 11.5. The van der Waals surface area contributed by atoms with Crippen molar-refractivity contribution in [2.24, 2.45) is 0 Å². The maximum absolute atomic E-state index is 12.8. The largest absolute Gasteiger partial charge is 0.338 e. The highest BCUT2D eigenvalue weighted by Crippen LogP contribution is 2.32. The lowest BCUT2D eigenvalue weighted by Gasteiger charge is -2.20. The first kappa shape index (κ1) is 18.5. The Morgan fingerprint density at radius 1 is 1.04 bits per heavy atom. The summed E-state index contributed by atoms with van der Waals surface area (Å²) in [6.07, 6.45) is 1.93. The number of hydrogen-bond acceptors (Lipinski definition) is 1. The zero-order chi connectivity index (χ0) is 18.8. The molecule has 2 aromatic carbocycles. The van der Waals surface area contributed by atoms with E-state index < -0.39 is 0 Å². The van der Waals surface area contributed by atoms with Crippen molar-refractivity contribution < 1.29 is 4.79 Å². The molecule has 1 amide bonds. The Labute approximate surface area is 160 Å². The lowest BCUT2D eigenvalue weighted by molar-refractivity contribution is -0.116. The van der Waals surface area contributed by atoms with Crippen LogP contribution in [0.3, 0.4) is 0 Å². The van der Waals surface area contributed by atoms with Gasteiger partial charge in [-0.3, -0.25) is 4.79 Å². The maximum Gasteiger partial charge on any atom is 0.244 e. The van der Waals surface area contributed by atoms with Crippen molar-refractivity contribution in [3.05, 3.63) is 64.8 Å². The molecule has 0 saturated carbocycles. The number of benzene rings is 2. The molecule has 0 atom stereocenters. The number of halogens is 1. The number of amides is 1. The van der Waals surface area contributed by atoms with Crippen LogP contribution in [0.25, 0.3) is 10.9 Å². The molecule has 3 aromatic rings. The van der Waals surface area contributed by atoms with Crippen LogP contribution in [-0.2, 0) is 11.3 Å². The summed E-state index contributed by atoms with van der Waals surface area (Å²) in [6.45, 7) is 8.88. The van der Waals surface area contributed by atoms with E-state index in [9.17, 15) is 4.79 Å². The van der Waals surface area contributed by atoms with Crippen molar-refractivity contribution in [2.75, 3.05) is 5.32 Å².